The van der Waals surface area contributed by atoms with Crippen molar-refractivity contribution in [3.05, 3.63) is 77.9 Å². The second-order valence-corrected chi connectivity index (χ2v) is 6.43. The molecule has 0 atom stereocenters. The molecule has 0 saturated heterocycles. The maximum absolute atomic E-state index is 11.8. The van der Waals surface area contributed by atoms with E-state index in [-0.39, 0.29) is 5.91 Å². The van der Waals surface area contributed by atoms with Crippen molar-refractivity contribution in [1.29, 1.82) is 0 Å². The topological polar surface area (TPSA) is 50.7 Å². The summed E-state index contributed by atoms with van der Waals surface area (Å²) in [7, 11) is 0. The van der Waals surface area contributed by atoms with Gasteiger partial charge in [0, 0.05) is 5.75 Å². The molecule has 0 aromatic heterocycles. The largest absolute Gasteiger partial charge is 0.490 e. The first-order valence-corrected chi connectivity index (χ1v) is 9.12. The van der Waals surface area contributed by atoms with Crippen molar-refractivity contribution < 1.29 is 9.53 Å². The van der Waals surface area contributed by atoms with Crippen LogP contribution in [0.1, 0.15) is 16.7 Å². The van der Waals surface area contributed by atoms with E-state index < -0.39 is 0 Å². The third-order valence-corrected chi connectivity index (χ3v) is 4.26. The van der Waals surface area contributed by atoms with Gasteiger partial charge in [-0.25, -0.2) is 5.43 Å². The lowest BCUT2D eigenvalue weighted by molar-refractivity contribution is -0.118. The molecule has 130 valence electrons. The van der Waals surface area contributed by atoms with Gasteiger partial charge in [0.25, 0.3) is 0 Å². The Morgan fingerprint density at radius 3 is 2.84 bits per heavy atom. The molecule has 0 bridgehead atoms. The van der Waals surface area contributed by atoms with E-state index in [2.05, 4.69) is 48.3 Å². The van der Waals surface area contributed by atoms with E-state index in [1.54, 1.807) is 24.1 Å². The van der Waals surface area contributed by atoms with E-state index in [0.717, 1.165) is 17.1 Å². The standard InChI is InChI=1S/C20H22N2O2S/c1-3-11-24-19-6-4-5-18(12-19)13-21-22-20(23)15-25-14-17-9-7-16(2)8-10-17/h3-10,12-13H,1,11,14-15H2,2H3,(H,22,23)/b21-13-. The van der Waals surface area contributed by atoms with Gasteiger partial charge < -0.3 is 4.74 Å². The van der Waals surface area contributed by atoms with E-state index in [9.17, 15) is 4.79 Å². The van der Waals surface area contributed by atoms with Crippen molar-refractivity contribution >= 4 is 23.9 Å². The predicted octanol–water partition coefficient (Wildman–Crippen LogP) is 3.94. The van der Waals surface area contributed by atoms with E-state index in [1.165, 1.54) is 11.1 Å². The molecule has 2 rings (SSSR count). The maximum atomic E-state index is 11.8. The van der Waals surface area contributed by atoms with Gasteiger partial charge in [-0.2, -0.15) is 5.10 Å². The zero-order chi connectivity index (χ0) is 17.9. The summed E-state index contributed by atoms with van der Waals surface area (Å²) >= 11 is 1.56. The van der Waals surface area contributed by atoms with Crippen LogP contribution in [0.25, 0.3) is 0 Å². The molecule has 5 heteroatoms. The van der Waals surface area contributed by atoms with E-state index >= 15 is 0 Å². The Labute approximate surface area is 153 Å². The molecule has 4 nitrogen and oxygen atoms in total. The fraction of sp³-hybridized carbons (Fsp3) is 0.200. The number of nitrogens with zero attached hydrogens (tertiary/aromatic N) is 1. The van der Waals surface area contributed by atoms with Crippen LogP contribution in [0.4, 0.5) is 0 Å². The lowest BCUT2D eigenvalue weighted by atomic mass is 10.2. The first kappa shape index (κ1) is 18.8. The third-order valence-electron chi connectivity index (χ3n) is 3.25. The molecule has 1 amide bonds. The van der Waals surface area contributed by atoms with Gasteiger partial charge in [-0.1, -0.05) is 54.6 Å². The molecular formula is C20H22N2O2S. The molecule has 1 N–H and O–H groups in total. The summed E-state index contributed by atoms with van der Waals surface area (Å²) in [5.41, 5.74) is 5.84. The van der Waals surface area contributed by atoms with Gasteiger partial charge in [0.2, 0.25) is 5.91 Å². The molecule has 0 saturated carbocycles. The van der Waals surface area contributed by atoms with Crippen molar-refractivity contribution in [2.24, 2.45) is 5.10 Å². The van der Waals surface area contributed by atoms with E-state index in [0.29, 0.717) is 12.4 Å². The highest BCUT2D eigenvalue weighted by atomic mass is 32.2. The SMILES string of the molecule is C=CCOc1cccc(/C=N\NC(=O)CSCc2ccc(C)cc2)c1. The number of carbonyl (C=O) groups excluding carboxylic acids is 1. The normalized spacial score (nSPS) is 10.6. The fourth-order valence-electron chi connectivity index (χ4n) is 2.00. The number of hydrazone groups is 1. The highest BCUT2D eigenvalue weighted by Gasteiger charge is 2.01. The Morgan fingerprint density at radius 2 is 2.08 bits per heavy atom. The van der Waals surface area contributed by atoms with Gasteiger partial charge in [-0.15, -0.1) is 11.8 Å². The lowest BCUT2D eigenvalue weighted by Crippen LogP contribution is -2.19. The van der Waals surface area contributed by atoms with Gasteiger partial charge >= 0.3 is 0 Å². The molecule has 0 aliphatic carbocycles. The van der Waals surface area contributed by atoms with Crippen LogP contribution in [0.3, 0.4) is 0 Å². The van der Waals surface area contributed by atoms with Gasteiger partial charge in [0.15, 0.2) is 0 Å². The number of hydrogen-bond donors (Lipinski definition) is 1. The number of amides is 1. The summed E-state index contributed by atoms with van der Waals surface area (Å²) in [5.74, 6) is 1.80. The smallest absolute Gasteiger partial charge is 0.250 e. The molecule has 2 aromatic carbocycles. The van der Waals surface area contributed by atoms with Crippen molar-refractivity contribution in [2.75, 3.05) is 12.4 Å². The number of hydrogen-bond acceptors (Lipinski definition) is 4. The molecule has 2 aromatic rings. The summed E-state index contributed by atoms with van der Waals surface area (Å²) in [6.07, 6.45) is 3.29. The molecule has 0 heterocycles. The third kappa shape index (κ3) is 7.27. The fourth-order valence-corrected chi connectivity index (χ4v) is 2.78. The van der Waals surface area contributed by atoms with Crippen LogP contribution in [0.15, 0.2) is 66.3 Å². The molecule has 0 aliphatic rings. The predicted molar refractivity (Wildman–Crippen MR) is 105 cm³/mol. The van der Waals surface area contributed by atoms with Crippen LogP contribution in [0, 0.1) is 6.92 Å². The average Bonchev–Trinajstić information content (AvgIpc) is 2.62. The van der Waals surface area contributed by atoms with Gasteiger partial charge in [0.1, 0.15) is 12.4 Å². The van der Waals surface area contributed by atoms with Crippen LogP contribution < -0.4 is 10.2 Å². The van der Waals surface area contributed by atoms with Gasteiger partial charge in [-0.3, -0.25) is 4.79 Å². The molecule has 0 unspecified atom stereocenters. The maximum Gasteiger partial charge on any atom is 0.250 e. The number of carbonyl (C=O) groups is 1. The monoisotopic (exact) mass is 354 g/mol. The Kier molecular flexibility index (Phi) is 7.79. The zero-order valence-corrected chi connectivity index (χ0v) is 15.1. The molecule has 25 heavy (non-hydrogen) atoms. The minimum absolute atomic E-state index is 0.118. The Balaban J connectivity index is 1.72. The molecular weight excluding hydrogens is 332 g/mol. The van der Waals surface area contributed by atoms with E-state index in [1.807, 2.05) is 24.3 Å². The highest BCUT2D eigenvalue weighted by molar-refractivity contribution is 7.99. The summed E-state index contributed by atoms with van der Waals surface area (Å²) in [4.78, 5) is 11.8. The highest BCUT2D eigenvalue weighted by Crippen LogP contribution is 2.13. The minimum Gasteiger partial charge on any atom is -0.490 e. The number of rotatable bonds is 9. The van der Waals surface area contributed by atoms with Crippen molar-refractivity contribution in [1.82, 2.24) is 5.43 Å². The summed E-state index contributed by atoms with van der Waals surface area (Å²) in [5, 5.41) is 3.99. The van der Waals surface area contributed by atoms with Gasteiger partial charge in [0.05, 0.1) is 12.0 Å². The lowest BCUT2D eigenvalue weighted by Gasteiger charge is -2.04. The van der Waals surface area contributed by atoms with Crippen LogP contribution in [0.5, 0.6) is 5.75 Å². The van der Waals surface area contributed by atoms with Crippen molar-refractivity contribution in [3.8, 4) is 5.75 Å². The van der Waals surface area contributed by atoms with Gasteiger partial charge in [-0.05, 0) is 30.2 Å². The molecule has 0 aliphatic heterocycles. The van der Waals surface area contributed by atoms with Crippen molar-refractivity contribution in [2.45, 2.75) is 12.7 Å². The van der Waals surface area contributed by atoms with Crippen molar-refractivity contribution in [3.63, 3.8) is 0 Å². The summed E-state index contributed by atoms with van der Waals surface area (Å²) in [6, 6.07) is 15.8. The van der Waals surface area contributed by atoms with Crippen LogP contribution >= 0.6 is 11.8 Å². The van der Waals surface area contributed by atoms with Crippen LogP contribution in [-0.2, 0) is 10.5 Å². The Hall–Kier alpha value is -2.53. The molecule has 0 spiro atoms. The Morgan fingerprint density at radius 1 is 1.28 bits per heavy atom. The van der Waals surface area contributed by atoms with Crippen LogP contribution in [0.2, 0.25) is 0 Å². The second-order valence-electron chi connectivity index (χ2n) is 5.44. The average molecular weight is 354 g/mol. The molecule has 0 radical (unpaired) electrons. The number of aryl methyl sites for hydroxylation is 1. The first-order chi connectivity index (χ1) is 12.2. The quantitative estimate of drug-likeness (QED) is 0.421. The number of benzene rings is 2. The first-order valence-electron chi connectivity index (χ1n) is 7.96. The summed E-state index contributed by atoms with van der Waals surface area (Å²) in [6.45, 7) is 6.13. The van der Waals surface area contributed by atoms with Crippen LogP contribution in [-0.4, -0.2) is 24.5 Å². The minimum atomic E-state index is -0.118. The zero-order valence-electron chi connectivity index (χ0n) is 14.3. The van der Waals surface area contributed by atoms with E-state index in [4.69, 9.17) is 4.74 Å². The Bertz CT molecular complexity index is 727. The number of thioether (sulfide) groups is 1. The molecule has 0 fully saturated rings. The second kappa shape index (κ2) is 10.4. The summed E-state index contributed by atoms with van der Waals surface area (Å²) < 4.78 is 5.46. The number of ether oxygens (including phenoxy) is 1. The number of nitrogens with one attached hydrogen (secondary N) is 1.